The highest BCUT2D eigenvalue weighted by molar-refractivity contribution is 7.89. The van der Waals surface area contributed by atoms with Gasteiger partial charge in [0, 0.05) is 5.56 Å². The number of sulfonamides is 1. The molecule has 0 heterocycles. The highest BCUT2D eigenvalue weighted by atomic mass is 32.2. The topological polar surface area (TPSA) is 104 Å². The summed E-state index contributed by atoms with van der Waals surface area (Å²) < 4.78 is 25.9. The number of aliphatic hydroxyl groups is 2. The fraction of sp³-hybridized carbons (Fsp3) is 0.364. The molecule has 0 unspecified atom stereocenters. The first kappa shape index (κ1) is 14.8. The van der Waals surface area contributed by atoms with E-state index in [1.54, 1.807) is 0 Å². The molecule has 0 spiro atoms. The minimum atomic E-state index is -3.86. The Morgan fingerprint density at radius 2 is 1.94 bits per heavy atom. The van der Waals surface area contributed by atoms with E-state index in [4.69, 9.17) is 10.2 Å². The third-order valence-electron chi connectivity index (χ3n) is 2.31. The Morgan fingerprint density at radius 3 is 2.44 bits per heavy atom. The second kappa shape index (κ2) is 6.05. The Bertz CT molecular complexity index is 522. The third-order valence-corrected chi connectivity index (χ3v) is 3.83. The lowest BCUT2D eigenvalue weighted by molar-refractivity contribution is 0.101. The lowest BCUT2D eigenvalue weighted by atomic mass is 10.2. The van der Waals surface area contributed by atoms with E-state index in [0.717, 1.165) is 0 Å². The van der Waals surface area contributed by atoms with Crippen molar-refractivity contribution in [2.24, 2.45) is 0 Å². The Kier molecular flexibility index (Phi) is 4.97. The summed E-state index contributed by atoms with van der Waals surface area (Å²) in [6, 6.07) is 4.59. The van der Waals surface area contributed by atoms with Gasteiger partial charge < -0.3 is 10.2 Å². The highest BCUT2D eigenvalue weighted by Gasteiger charge is 2.19. The molecule has 0 bridgehead atoms. The van der Waals surface area contributed by atoms with Gasteiger partial charge in [-0.2, -0.15) is 0 Å². The van der Waals surface area contributed by atoms with Crippen LogP contribution >= 0.6 is 0 Å². The van der Waals surface area contributed by atoms with Gasteiger partial charge in [-0.3, -0.25) is 4.79 Å². The number of nitrogens with one attached hydrogen (secondary N) is 1. The molecule has 0 radical (unpaired) electrons. The van der Waals surface area contributed by atoms with Crippen LogP contribution in [0, 0.1) is 0 Å². The molecule has 1 aromatic rings. The van der Waals surface area contributed by atoms with Crippen LogP contribution in [0.25, 0.3) is 0 Å². The molecule has 3 N–H and O–H groups in total. The molecular formula is C11H15NO5S. The van der Waals surface area contributed by atoms with Gasteiger partial charge in [-0.15, -0.1) is 0 Å². The van der Waals surface area contributed by atoms with E-state index < -0.39 is 29.3 Å². The van der Waals surface area contributed by atoms with Crippen molar-refractivity contribution in [3.63, 3.8) is 0 Å². The fourth-order valence-electron chi connectivity index (χ4n) is 1.30. The first-order valence-corrected chi connectivity index (χ1v) is 6.74. The quantitative estimate of drug-likeness (QED) is 0.607. The zero-order valence-corrected chi connectivity index (χ0v) is 10.6. The molecule has 0 aliphatic carbocycles. The first-order chi connectivity index (χ1) is 8.40. The molecule has 100 valence electrons. The number of hydrogen-bond donors (Lipinski definition) is 3. The van der Waals surface area contributed by atoms with Crippen LogP contribution in [-0.4, -0.2) is 43.7 Å². The molecule has 0 aliphatic rings. The summed E-state index contributed by atoms with van der Waals surface area (Å²) in [5, 5.41) is 17.7. The van der Waals surface area contributed by atoms with Gasteiger partial charge in [-0.1, -0.05) is 12.1 Å². The zero-order chi connectivity index (χ0) is 13.8. The van der Waals surface area contributed by atoms with Crippen LogP contribution in [0.2, 0.25) is 0 Å². The van der Waals surface area contributed by atoms with Gasteiger partial charge in [0.2, 0.25) is 10.0 Å². The number of ketones is 1. The number of hydrogen-bond acceptors (Lipinski definition) is 5. The summed E-state index contributed by atoms with van der Waals surface area (Å²) in [4.78, 5) is 11.1. The van der Waals surface area contributed by atoms with Gasteiger partial charge in [0.05, 0.1) is 24.2 Å². The Labute approximate surface area is 105 Å². The molecule has 1 aromatic carbocycles. The lowest BCUT2D eigenvalue weighted by Gasteiger charge is -2.14. The summed E-state index contributed by atoms with van der Waals surface area (Å²) in [6.45, 7) is 0.313. The molecule has 6 nitrogen and oxygen atoms in total. The normalized spacial score (nSPS) is 11.8. The van der Waals surface area contributed by atoms with Crippen molar-refractivity contribution in [3.8, 4) is 0 Å². The van der Waals surface area contributed by atoms with E-state index >= 15 is 0 Å². The molecule has 0 fully saturated rings. The van der Waals surface area contributed by atoms with Crippen molar-refractivity contribution in [2.45, 2.75) is 17.9 Å². The van der Waals surface area contributed by atoms with Crippen LogP contribution in [0.4, 0.5) is 0 Å². The molecule has 0 aromatic heterocycles. The molecule has 0 atom stereocenters. The number of Topliss-reactive ketones (excluding diaryl/α,β-unsaturated/α-hetero) is 1. The van der Waals surface area contributed by atoms with E-state index in [9.17, 15) is 13.2 Å². The van der Waals surface area contributed by atoms with Crippen LogP contribution in [0.15, 0.2) is 29.2 Å². The average Bonchev–Trinajstić information content (AvgIpc) is 2.36. The number of benzene rings is 1. The predicted octanol–water partition coefficient (Wildman–Crippen LogP) is -0.479. The van der Waals surface area contributed by atoms with Crippen LogP contribution in [0.1, 0.15) is 17.3 Å². The molecule has 18 heavy (non-hydrogen) atoms. The Morgan fingerprint density at radius 1 is 1.33 bits per heavy atom. The van der Waals surface area contributed by atoms with Crippen LogP contribution < -0.4 is 4.72 Å². The van der Waals surface area contributed by atoms with Crippen molar-refractivity contribution < 1.29 is 23.4 Å². The van der Waals surface area contributed by atoms with Gasteiger partial charge in [-0.05, 0) is 19.1 Å². The van der Waals surface area contributed by atoms with E-state index in [-0.39, 0.29) is 16.2 Å². The van der Waals surface area contributed by atoms with E-state index in [2.05, 4.69) is 4.72 Å². The molecule has 0 amide bonds. The third kappa shape index (κ3) is 3.61. The van der Waals surface area contributed by atoms with Crippen molar-refractivity contribution in [3.05, 3.63) is 29.8 Å². The van der Waals surface area contributed by atoms with E-state index in [1.807, 2.05) is 0 Å². The maximum atomic E-state index is 11.9. The average molecular weight is 273 g/mol. The summed E-state index contributed by atoms with van der Waals surface area (Å²) in [5.74, 6) is -0.243. The summed E-state index contributed by atoms with van der Waals surface area (Å²) in [7, 11) is -3.86. The van der Waals surface area contributed by atoms with Crippen LogP contribution in [-0.2, 0) is 10.0 Å². The van der Waals surface area contributed by atoms with Crippen molar-refractivity contribution in [1.82, 2.24) is 4.72 Å². The van der Waals surface area contributed by atoms with Crippen LogP contribution in [0.3, 0.4) is 0 Å². The van der Waals surface area contributed by atoms with Crippen molar-refractivity contribution >= 4 is 15.8 Å². The minimum absolute atomic E-state index is 0.0814. The second-order valence-corrected chi connectivity index (χ2v) is 5.48. The number of aliphatic hydroxyl groups excluding tert-OH is 2. The van der Waals surface area contributed by atoms with E-state index in [1.165, 1.54) is 31.2 Å². The van der Waals surface area contributed by atoms with Gasteiger partial charge in [0.1, 0.15) is 0 Å². The minimum Gasteiger partial charge on any atom is -0.395 e. The SMILES string of the molecule is CC(=O)c1cccc(S(=O)(=O)NC(CO)CO)c1. The Hall–Kier alpha value is -1.28. The van der Waals surface area contributed by atoms with Gasteiger partial charge in [0.15, 0.2) is 5.78 Å². The Balaban J connectivity index is 3.05. The molecular weight excluding hydrogens is 258 g/mol. The maximum absolute atomic E-state index is 11.9. The monoisotopic (exact) mass is 273 g/mol. The summed E-state index contributed by atoms with van der Waals surface area (Å²) in [6.07, 6.45) is 0. The van der Waals surface area contributed by atoms with Gasteiger partial charge in [-0.25, -0.2) is 13.1 Å². The van der Waals surface area contributed by atoms with Crippen molar-refractivity contribution in [2.75, 3.05) is 13.2 Å². The van der Waals surface area contributed by atoms with Gasteiger partial charge >= 0.3 is 0 Å². The fourth-order valence-corrected chi connectivity index (χ4v) is 2.57. The number of rotatable bonds is 6. The van der Waals surface area contributed by atoms with Gasteiger partial charge in [0.25, 0.3) is 0 Å². The number of carbonyl (C=O) groups excluding carboxylic acids is 1. The smallest absolute Gasteiger partial charge is 0.240 e. The standard InChI is InChI=1S/C11H15NO5S/c1-8(15)9-3-2-4-11(5-9)18(16,17)12-10(6-13)7-14/h2-5,10,12-14H,6-7H2,1H3. The van der Waals surface area contributed by atoms with Crippen molar-refractivity contribution in [1.29, 1.82) is 0 Å². The molecule has 0 aliphatic heterocycles. The molecule has 0 saturated carbocycles. The maximum Gasteiger partial charge on any atom is 0.240 e. The van der Waals surface area contributed by atoms with Crippen LogP contribution in [0.5, 0.6) is 0 Å². The first-order valence-electron chi connectivity index (χ1n) is 5.25. The second-order valence-electron chi connectivity index (χ2n) is 3.77. The lowest BCUT2D eigenvalue weighted by Crippen LogP contribution is -2.40. The molecule has 0 saturated heterocycles. The zero-order valence-electron chi connectivity index (χ0n) is 9.83. The predicted molar refractivity (Wildman–Crippen MR) is 64.7 cm³/mol. The largest absolute Gasteiger partial charge is 0.395 e. The number of carbonyl (C=O) groups is 1. The summed E-state index contributed by atoms with van der Waals surface area (Å²) in [5.41, 5.74) is 0.280. The van der Waals surface area contributed by atoms with E-state index in [0.29, 0.717) is 0 Å². The molecule has 1 rings (SSSR count). The summed E-state index contributed by atoms with van der Waals surface area (Å²) >= 11 is 0. The highest BCUT2D eigenvalue weighted by Crippen LogP contribution is 2.12. The molecule has 7 heteroatoms.